The van der Waals surface area contributed by atoms with Crippen LogP contribution < -0.4 is 10.1 Å². The highest BCUT2D eigenvalue weighted by molar-refractivity contribution is 5.93. The molecule has 0 aliphatic heterocycles. The Labute approximate surface area is 111 Å². The first-order valence-electron chi connectivity index (χ1n) is 6.32. The van der Waals surface area contributed by atoms with Crippen molar-refractivity contribution in [3.8, 4) is 11.8 Å². The summed E-state index contributed by atoms with van der Waals surface area (Å²) >= 11 is 0. The second kappa shape index (κ2) is 6.19. The summed E-state index contributed by atoms with van der Waals surface area (Å²) in [6.45, 7) is 0. The van der Waals surface area contributed by atoms with E-state index < -0.39 is 11.7 Å². The summed E-state index contributed by atoms with van der Waals surface area (Å²) in [5, 5.41) is 10.8. The monoisotopic (exact) mass is 262 g/mol. The summed E-state index contributed by atoms with van der Waals surface area (Å²) in [6.07, 6.45) is 3.88. The molecule has 0 radical (unpaired) electrons. The Morgan fingerprint density at radius 3 is 2.89 bits per heavy atom. The van der Waals surface area contributed by atoms with Gasteiger partial charge in [0.25, 0.3) is 0 Å². The third-order valence-electron chi connectivity index (χ3n) is 3.08. The average Bonchev–Trinajstić information content (AvgIpc) is 2.87. The molecule has 19 heavy (non-hydrogen) atoms. The second-order valence-corrected chi connectivity index (χ2v) is 4.52. The standard InChI is InChI=1S/C14H15FN2O2/c15-11-6-3-7-12(19-10-4-1-2-5-10)14(11)17-13(18)8-9-16/h3,6-7,10H,1-2,4-5,8H2,(H,17,18). The molecule has 1 amide bonds. The molecule has 5 heteroatoms. The van der Waals surface area contributed by atoms with Crippen molar-refractivity contribution in [1.82, 2.24) is 0 Å². The summed E-state index contributed by atoms with van der Waals surface area (Å²) < 4.78 is 19.5. The molecule has 0 saturated heterocycles. The van der Waals surface area contributed by atoms with Gasteiger partial charge in [0, 0.05) is 0 Å². The van der Waals surface area contributed by atoms with Gasteiger partial charge in [0.2, 0.25) is 5.91 Å². The van der Waals surface area contributed by atoms with Crippen molar-refractivity contribution in [2.45, 2.75) is 38.2 Å². The lowest BCUT2D eigenvalue weighted by molar-refractivity contribution is -0.115. The van der Waals surface area contributed by atoms with Crippen molar-refractivity contribution in [1.29, 1.82) is 5.26 Å². The zero-order valence-electron chi connectivity index (χ0n) is 10.5. The molecule has 1 aromatic rings. The molecule has 0 atom stereocenters. The van der Waals surface area contributed by atoms with Crippen molar-refractivity contribution in [2.24, 2.45) is 0 Å². The van der Waals surface area contributed by atoms with Gasteiger partial charge in [0.1, 0.15) is 17.9 Å². The van der Waals surface area contributed by atoms with Crippen LogP contribution in [-0.4, -0.2) is 12.0 Å². The number of halogens is 1. The van der Waals surface area contributed by atoms with E-state index in [1.165, 1.54) is 6.07 Å². The van der Waals surface area contributed by atoms with Crippen molar-refractivity contribution in [2.75, 3.05) is 5.32 Å². The molecule has 100 valence electrons. The third kappa shape index (κ3) is 3.44. The van der Waals surface area contributed by atoms with E-state index in [1.807, 2.05) is 0 Å². The zero-order valence-corrected chi connectivity index (χ0v) is 10.5. The van der Waals surface area contributed by atoms with E-state index in [1.54, 1.807) is 18.2 Å². The molecule has 0 bridgehead atoms. The minimum atomic E-state index is -0.554. The van der Waals surface area contributed by atoms with E-state index in [2.05, 4.69) is 5.32 Å². The number of benzene rings is 1. The Hall–Kier alpha value is -2.09. The number of rotatable bonds is 4. The maximum Gasteiger partial charge on any atom is 0.238 e. The average molecular weight is 262 g/mol. The minimum absolute atomic E-state index is 0.0228. The van der Waals surface area contributed by atoms with Gasteiger partial charge in [-0.2, -0.15) is 5.26 Å². The van der Waals surface area contributed by atoms with E-state index in [0.29, 0.717) is 5.75 Å². The SMILES string of the molecule is N#CCC(=O)Nc1c(F)cccc1OC1CCCC1. The predicted molar refractivity (Wildman–Crippen MR) is 68.1 cm³/mol. The van der Waals surface area contributed by atoms with E-state index in [0.717, 1.165) is 25.7 Å². The molecule has 1 aromatic carbocycles. The topological polar surface area (TPSA) is 62.1 Å². The highest BCUT2D eigenvalue weighted by Crippen LogP contribution is 2.31. The van der Waals surface area contributed by atoms with Gasteiger partial charge in [-0.1, -0.05) is 6.07 Å². The van der Waals surface area contributed by atoms with E-state index >= 15 is 0 Å². The molecule has 4 nitrogen and oxygen atoms in total. The quantitative estimate of drug-likeness (QED) is 0.907. The molecule has 1 aliphatic carbocycles. The number of amides is 1. The lowest BCUT2D eigenvalue weighted by Gasteiger charge is -2.17. The number of nitrogens with zero attached hydrogens (tertiary/aromatic N) is 1. The Bertz CT molecular complexity index is 505. The lowest BCUT2D eigenvalue weighted by atomic mass is 10.2. The Morgan fingerprint density at radius 2 is 2.21 bits per heavy atom. The number of carbonyl (C=O) groups excluding carboxylic acids is 1. The normalized spacial score (nSPS) is 14.9. The number of ether oxygens (including phenoxy) is 1. The summed E-state index contributed by atoms with van der Waals surface area (Å²) in [6, 6.07) is 6.15. The van der Waals surface area contributed by atoms with Gasteiger partial charge in [-0.15, -0.1) is 0 Å². The molecule has 1 N–H and O–H groups in total. The molecule has 1 saturated carbocycles. The molecule has 0 heterocycles. The Morgan fingerprint density at radius 1 is 1.47 bits per heavy atom. The Kier molecular flexibility index (Phi) is 4.35. The van der Waals surface area contributed by atoms with Crippen LogP contribution in [0.2, 0.25) is 0 Å². The van der Waals surface area contributed by atoms with Crippen LogP contribution in [0.4, 0.5) is 10.1 Å². The van der Waals surface area contributed by atoms with Crippen molar-refractivity contribution < 1.29 is 13.9 Å². The van der Waals surface area contributed by atoms with Crippen LogP contribution >= 0.6 is 0 Å². The van der Waals surface area contributed by atoms with Crippen LogP contribution in [0, 0.1) is 17.1 Å². The highest BCUT2D eigenvalue weighted by atomic mass is 19.1. The minimum Gasteiger partial charge on any atom is -0.488 e. The number of nitrogens with one attached hydrogen (secondary N) is 1. The van der Waals surface area contributed by atoms with E-state index in [4.69, 9.17) is 10.00 Å². The van der Waals surface area contributed by atoms with Gasteiger partial charge in [-0.05, 0) is 37.8 Å². The zero-order chi connectivity index (χ0) is 13.7. The van der Waals surface area contributed by atoms with Gasteiger partial charge in [0.05, 0.1) is 12.2 Å². The number of para-hydroxylation sites is 1. The van der Waals surface area contributed by atoms with Crippen LogP contribution in [-0.2, 0) is 4.79 Å². The summed E-state index contributed by atoms with van der Waals surface area (Å²) in [7, 11) is 0. The van der Waals surface area contributed by atoms with Crippen LogP contribution in [0.5, 0.6) is 5.75 Å². The lowest BCUT2D eigenvalue weighted by Crippen LogP contribution is -2.16. The number of hydrogen-bond acceptors (Lipinski definition) is 3. The summed E-state index contributed by atoms with van der Waals surface area (Å²) in [4.78, 5) is 11.4. The molecule has 0 aromatic heterocycles. The smallest absolute Gasteiger partial charge is 0.238 e. The van der Waals surface area contributed by atoms with Crippen LogP contribution in [0.1, 0.15) is 32.1 Å². The fourth-order valence-corrected chi connectivity index (χ4v) is 2.17. The fourth-order valence-electron chi connectivity index (χ4n) is 2.17. The fraction of sp³-hybridized carbons (Fsp3) is 0.429. The Balaban J connectivity index is 2.15. The largest absolute Gasteiger partial charge is 0.488 e. The number of nitriles is 1. The summed E-state index contributed by atoms with van der Waals surface area (Å²) in [5.74, 6) is -0.760. The number of anilines is 1. The molecule has 2 rings (SSSR count). The second-order valence-electron chi connectivity index (χ2n) is 4.52. The van der Waals surface area contributed by atoms with Gasteiger partial charge in [-0.25, -0.2) is 4.39 Å². The molecule has 0 unspecified atom stereocenters. The first-order valence-corrected chi connectivity index (χ1v) is 6.32. The third-order valence-corrected chi connectivity index (χ3v) is 3.08. The maximum absolute atomic E-state index is 13.7. The number of hydrogen-bond donors (Lipinski definition) is 1. The van der Waals surface area contributed by atoms with Gasteiger partial charge < -0.3 is 10.1 Å². The molecule has 0 spiro atoms. The first-order chi connectivity index (χ1) is 9.20. The first kappa shape index (κ1) is 13.3. The predicted octanol–water partition coefficient (Wildman–Crippen LogP) is 3.00. The van der Waals surface area contributed by atoms with Gasteiger partial charge in [-0.3, -0.25) is 4.79 Å². The van der Waals surface area contributed by atoms with E-state index in [-0.39, 0.29) is 18.2 Å². The molecule has 1 aliphatic rings. The highest BCUT2D eigenvalue weighted by Gasteiger charge is 2.20. The van der Waals surface area contributed by atoms with Crippen LogP contribution in [0.15, 0.2) is 18.2 Å². The van der Waals surface area contributed by atoms with Crippen molar-refractivity contribution >= 4 is 11.6 Å². The van der Waals surface area contributed by atoms with Crippen molar-refractivity contribution in [3.05, 3.63) is 24.0 Å². The molecule has 1 fully saturated rings. The molecular weight excluding hydrogens is 247 g/mol. The maximum atomic E-state index is 13.7. The van der Waals surface area contributed by atoms with Crippen molar-refractivity contribution in [3.63, 3.8) is 0 Å². The molecular formula is C14H15FN2O2. The van der Waals surface area contributed by atoms with Gasteiger partial charge >= 0.3 is 0 Å². The van der Waals surface area contributed by atoms with Crippen LogP contribution in [0.25, 0.3) is 0 Å². The van der Waals surface area contributed by atoms with Crippen LogP contribution in [0.3, 0.4) is 0 Å². The summed E-state index contributed by atoms with van der Waals surface area (Å²) in [5.41, 5.74) is 0.0228. The number of carbonyl (C=O) groups is 1. The van der Waals surface area contributed by atoms with Gasteiger partial charge in [0.15, 0.2) is 5.82 Å². The van der Waals surface area contributed by atoms with E-state index in [9.17, 15) is 9.18 Å².